The molecule has 0 N–H and O–H groups in total. The van der Waals surface area contributed by atoms with Crippen LogP contribution >= 0.6 is 0 Å². The summed E-state index contributed by atoms with van der Waals surface area (Å²) in [5.74, 6) is -0.724. The van der Waals surface area contributed by atoms with E-state index in [1.807, 2.05) is 24.3 Å². The van der Waals surface area contributed by atoms with Crippen molar-refractivity contribution in [1.82, 2.24) is 0 Å². The van der Waals surface area contributed by atoms with Crippen molar-refractivity contribution < 1.29 is 10.9 Å². The second-order valence-electron chi connectivity index (χ2n) is 5.17. The second-order valence-corrected chi connectivity index (χ2v) is 5.17. The summed E-state index contributed by atoms with van der Waals surface area (Å²) >= 11 is 0. The molecule has 0 unspecified atom stereocenters. The maximum atomic E-state index is 12.2. The SMILES string of the molecule is [2H]C1=C(C(=O)OC)C2c3ccccc3C1c1ccccc12. The average Bonchev–Trinajstić information content (AvgIpc) is 2.54. The number of hydrogen-bond acceptors (Lipinski definition) is 2. The van der Waals surface area contributed by atoms with E-state index in [9.17, 15) is 4.79 Å². The van der Waals surface area contributed by atoms with Crippen LogP contribution in [0.3, 0.4) is 0 Å². The van der Waals surface area contributed by atoms with Crippen molar-refractivity contribution in [2.24, 2.45) is 0 Å². The molecule has 0 saturated carbocycles. The fourth-order valence-corrected chi connectivity index (χ4v) is 3.40. The first kappa shape index (κ1) is 10.4. The normalized spacial score (nSPS) is 22.9. The Morgan fingerprint density at radius 3 is 2.00 bits per heavy atom. The van der Waals surface area contributed by atoms with Crippen LogP contribution in [0.4, 0.5) is 0 Å². The van der Waals surface area contributed by atoms with E-state index in [1.54, 1.807) is 0 Å². The van der Waals surface area contributed by atoms with Gasteiger partial charge in [-0.1, -0.05) is 54.6 Å². The van der Waals surface area contributed by atoms with E-state index in [0.717, 1.165) is 22.3 Å². The highest BCUT2D eigenvalue weighted by atomic mass is 16.5. The molecule has 0 heterocycles. The lowest BCUT2D eigenvalue weighted by Gasteiger charge is -2.38. The number of ether oxygens (including phenoxy) is 1. The largest absolute Gasteiger partial charge is 0.466 e. The lowest BCUT2D eigenvalue weighted by atomic mass is 9.64. The van der Waals surface area contributed by atoms with Gasteiger partial charge in [-0.25, -0.2) is 4.79 Å². The molecule has 0 aliphatic heterocycles. The number of benzene rings is 2. The molecule has 0 radical (unpaired) electrons. The Kier molecular flexibility index (Phi) is 2.12. The topological polar surface area (TPSA) is 26.3 Å². The Bertz CT molecular complexity index is 744. The van der Waals surface area contributed by atoms with E-state index in [4.69, 9.17) is 6.11 Å². The Morgan fingerprint density at radius 2 is 1.50 bits per heavy atom. The molecule has 2 heteroatoms. The molecule has 2 bridgehead atoms. The zero-order valence-electron chi connectivity index (χ0n) is 12.1. The third-order valence-electron chi connectivity index (χ3n) is 4.23. The molecule has 0 spiro atoms. The molecule has 2 aromatic rings. The van der Waals surface area contributed by atoms with E-state index in [-0.39, 0.29) is 17.8 Å². The molecule has 0 amide bonds. The summed E-state index contributed by atoms with van der Waals surface area (Å²) in [6, 6.07) is 16.6. The molecule has 2 nitrogen and oxygen atoms in total. The molecule has 3 aliphatic rings. The first-order chi connectivity index (χ1) is 10.2. The zero-order valence-corrected chi connectivity index (χ0v) is 11.1. The summed E-state index contributed by atoms with van der Waals surface area (Å²) in [4.78, 5) is 12.2. The van der Waals surface area contributed by atoms with Crippen LogP contribution in [0.2, 0.25) is 0 Å². The fraction of sp³-hybridized carbons (Fsp3) is 0.167. The Hall–Kier alpha value is -2.35. The Morgan fingerprint density at radius 1 is 1.00 bits per heavy atom. The van der Waals surface area contributed by atoms with Gasteiger partial charge in [-0.2, -0.15) is 0 Å². The predicted octanol–water partition coefficient (Wildman–Crippen LogP) is 3.38. The minimum absolute atomic E-state index is 0.156. The van der Waals surface area contributed by atoms with Crippen molar-refractivity contribution in [1.29, 1.82) is 0 Å². The van der Waals surface area contributed by atoms with Crippen LogP contribution in [0.25, 0.3) is 0 Å². The molecular weight excluding hydrogens is 248 g/mol. The van der Waals surface area contributed by atoms with Crippen molar-refractivity contribution in [3.63, 3.8) is 0 Å². The highest BCUT2D eigenvalue weighted by molar-refractivity contribution is 5.93. The molecular formula is C18H14O2. The van der Waals surface area contributed by atoms with E-state index in [1.165, 1.54) is 7.11 Å². The first-order valence-corrected chi connectivity index (χ1v) is 6.70. The lowest BCUT2D eigenvalue weighted by molar-refractivity contribution is -0.136. The summed E-state index contributed by atoms with van der Waals surface area (Å²) in [7, 11) is 1.38. The van der Waals surface area contributed by atoms with Crippen molar-refractivity contribution in [3.8, 4) is 0 Å². The van der Waals surface area contributed by atoms with Crippen molar-refractivity contribution in [2.75, 3.05) is 7.11 Å². The average molecular weight is 263 g/mol. The highest BCUT2D eigenvalue weighted by Crippen LogP contribution is 2.51. The minimum atomic E-state index is -0.390. The van der Waals surface area contributed by atoms with Gasteiger partial charge in [0.05, 0.1) is 8.48 Å². The smallest absolute Gasteiger partial charge is 0.334 e. The summed E-state index contributed by atoms with van der Waals surface area (Å²) < 4.78 is 13.4. The standard InChI is InChI=1S/C18H14O2/c1-20-18(19)16-10-15-11-6-2-4-8-13(11)17(16)14-9-5-3-7-12(14)15/h2-10,15,17H,1H3/i10D. The van der Waals surface area contributed by atoms with Crippen molar-refractivity contribution in [3.05, 3.63) is 82.4 Å². The number of hydrogen-bond donors (Lipinski definition) is 0. The van der Waals surface area contributed by atoms with Gasteiger partial charge in [0.1, 0.15) is 0 Å². The van der Waals surface area contributed by atoms with E-state index in [0.29, 0.717) is 11.6 Å². The Labute approximate surface area is 119 Å². The van der Waals surface area contributed by atoms with Crippen LogP contribution in [0.5, 0.6) is 0 Å². The van der Waals surface area contributed by atoms with Gasteiger partial charge >= 0.3 is 5.97 Å². The van der Waals surface area contributed by atoms with Crippen LogP contribution in [0.1, 0.15) is 35.5 Å². The molecule has 20 heavy (non-hydrogen) atoms. The predicted molar refractivity (Wildman–Crippen MR) is 76.7 cm³/mol. The van der Waals surface area contributed by atoms with E-state index < -0.39 is 0 Å². The molecule has 0 fully saturated rings. The van der Waals surface area contributed by atoms with Crippen LogP contribution in [0, 0.1) is 0 Å². The molecule has 0 atom stereocenters. The molecule has 0 saturated heterocycles. The number of carbonyl (C=O) groups is 1. The lowest BCUT2D eigenvalue weighted by Crippen LogP contribution is -2.28. The van der Waals surface area contributed by atoms with Crippen LogP contribution in [0.15, 0.2) is 60.2 Å². The van der Waals surface area contributed by atoms with Crippen LogP contribution in [-0.2, 0) is 9.53 Å². The third kappa shape index (κ3) is 1.36. The highest BCUT2D eigenvalue weighted by Gasteiger charge is 2.40. The number of carbonyl (C=O) groups excluding carboxylic acids is 1. The number of esters is 1. The van der Waals surface area contributed by atoms with Gasteiger partial charge in [-0.15, -0.1) is 0 Å². The maximum absolute atomic E-state index is 12.2. The van der Waals surface area contributed by atoms with Crippen molar-refractivity contribution in [2.45, 2.75) is 11.8 Å². The first-order valence-electron chi connectivity index (χ1n) is 7.20. The van der Waals surface area contributed by atoms with Gasteiger partial charge in [-0.3, -0.25) is 0 Å². The maximum Gasteiger partial charge on any atom is 0.334 e. The quantitative estimate of drug-likeness (QED) is 0.737. The Balaban J connectivity index is 2.05. The third-order valence-corrected chi connectivity index (χ3v) is 4.23. The van der Waals surface area contributed by atoms with Gasteiger partial charge < -0.3 is 4.74 Å². The monoisotopic (exact) mass is 263 g/mol. The molecule has 0 aromatic heterocycles. The molecule has 98 valence electrons. The fourth-order valence-electron chi connectivity index (χ4n) is 3.40. The summed E-state index contributed by atoms with van der Waals surface area (Å²) in [5, 5.41) is 0. The van der Waals surface area contributed by atoms with Gasteiger partial charge in [0.2, 0.25) is 0 Å². The van der Waals surface area contributed by atoms with Gasteiger partial charge in [0, 0.05) is 17.4 Å². The van der Waals surface area contributed by atoms with E-state index >= 15 is 0 Å². The summed E-state index contributed by atoms with van der Waals surface area (Å²) in [6.45, 7) is 0. The van der Waals surface area contributed by atoms with Gasteiger partial charge in [-0.05, 0) is 22.3 Å². The van der Waals surface area contributed by atoms with E-state index in [2.05, 4.69) is 24.3 Å². The summed E-state index contributed by atoms with van der Waals surface area (Å²) in [5.41, 5.74) is 5.01. The molecule has 5 rings (SSSR count). The number of rotatable bonds is 1. The van der Waals surface area contributed by atoms with Crippen LogP contribution in [-0.4, -0.2) is 13.1 Å². The molecule has 2 aromatic carbocycles. The number of allylic oxidation sites excluding steroid dienone is 1. The summed E-state index contributed by atoms with van der Waals surface area (Å²) in [6.07, 6.45) is 0. The zero-order chi connectivity index (χ0) is 14.6. The second kappa shape index (κ2) is 4.07. The van der Waals surface area contributed by atoms with Crippen molar-refractivity contribution >= 4 is 5.97 Å². The molecule has 3 aliphatic carbocycles. The van der Waals surface area contributed by atoms with Gasteiger partial charge in [0.15, 0.2) is 0 Å². The number of methoxy groups -OCH3 is 1. The van der Waals surface area contributed by atoms with Crippen LogP contribution < -0.4 is 0 Å². The van der Waals surface area contributed by atoms with Gasteiger partial charge in [0.25, 0.3) is 0 Å². The minimum Gasteiger partial charge on any atom is -0.466 e.